The summed E-state index contributed by atoms with van der Waals surface area (Å²) in [5.41, 5.74) is 5.01. The fourth-order valence-electron chi connectivity index (χ4n) is 2.38. The molecule has 0 aliphatic heterocycles. The standard InChI is InChI=1S/C18H22N2O5/c1-12-15(18(22)24-10-9-23-3)13(2)19-16(12)17(21)20-25-11-14-7-5-4-6-8-14/h4-8,19H,9-11H2,1-3H3,(H,20,21). The number of methoxy groups -OCH3 is 1. The van der Waals surface area contributed by atoms with Crippen molar-refractivity contribution in [1.29, 1.82) is 0 Å². The summed E-state index contributed by atoms with van der Waals surface area (Å²) in [5.74, 6) is -0.944. The van der Waals surface area contributed by atoms with E-state index in [-0.39, 0.29) is 18.9 Å². The Labute approximate surface area is 146 Å². The van der Waals surface area contributed by atoms with Crippen molar-refractivity contribution in [2.75, 3.05) is 20.3 Å². The Morgan fingerprint density at radius 3 is 2.52 bits per heavy atom. The van der Waals surface area contributed by atoms with Gasteiger partial charge < -0.3 is 14.5 Å². The van der Waals surface area contributed by atoms with Gasteiger partial charge in [0.1, 0.15) is 12.3 Å². The molecule has 0 fully saturated rings. The van der Waals surface area contributed by atoms with Crippen molar-refractivity contribution in [3.8, 4) is 0 Å². The van der Waals surface area contributed by atoms with Gasteiger partial charge in [-0.2, -0.15) is 0 Å². The largest absolute Gasteiger partial charge is 0.460 e. The van der Waals surface area contributed by atoms with E-state index in [1.807, 2.05) is 30.3 Å². The molecule has 7 nitrogen and oxygen atoms in total. The summed E-state index contributed by atoms with van der Waals surface area (Å²) in [4.78, 5) is 32.5. The van der Waals surface area contributed by atoms with Crippen LogP contribution in [0.2, 0.25) is 0 Å². The molecule has 0 aliphatic rings. The van der Waals surface area contributed by atoms with Crippen LogP contribution in [0.25, 0.3) is 0 Å². The number of aromatic amines is 1. The monoisotopic (exact) mass is 346 g/mol. The molecule has 2 N–H and O–H groups in total. The number of carbonyl (C=O) groups excluding carboxylic acids is 2. The van der Waals surface area contributed by atoms with Crippen LogP contribution in [0, 0.1) is 13.8 Å². The summed E-state index contributed by atoms with van der Waals surface area (Å²) in [6, 6.07) is 9.47. The molecular weight excluding hydrogens is 324 g/mol. The van der Waals surface area contributed by atoms with Crippen LogP contribution in [-0.2, 0) is 20.9 Å². The summed E-state index contributed by atoms with van der Waals surface area (Å²) in [7, 11) is 1.53. The van der Waals surface area contributed by atoms with Crippen LogP contribution in [-0.4, -0.2) is 37.2 Å². The molecule has 1 aromatic heterocycles. The summed E-state index contributed by atoms with van der Waals surface area (Å²) in [6.07, 6.45) is 0. The second-order valence-corrected chi connectivity index (χ2v) is 5.46. The lowest BCUT2D eigenvalue weighted by Crippen LogP contribution is -2.24. The van der Waals surface area contributed by atoms with Gasteiger partial charge in [0.05, 0.1) is 18.8 Å². The van der Waals surface area contributed by atoms with E-state index in [1.54, 1.807) is 13.8 Å². The third kappa shape index (κ3) is 4.91. The van der Waals surface area contributed by atoms with Crippen LogP contribution in [0.3, 0.4) is 0 Å². The van der Waals surface area contributed by atoms with Crippen LogP contribution in [0.4, 0.5) is 0 Å². The SMILES string of the molecule is COCCOC(=O)c1c(C)[nH]c(C(=O)NOCc2ccccc2)c1C. The van der Waals surface area contributed by atoms with Crippen molar-refractivity contribution in [1.82, 2.24) is 10.5 Å². The van der Waals surface area contributed by atoms with E-state index in [4.69, 9.17) is 14.3 Å². The van der Waals surface area contributed by atoms with Gasteiger partial charge in [-0.3, -0.25) is 9.63 Å². The molecule has 0 saturated heterocycles. The van der Waals surface area contributed by atoms with E-state index < -0.39 is 11.9 Å². The minimum atomic E-state index is -0.493. The van der Waals surface area contributed by atoms with Crippen molar-refractivity contribution in [3.05, 3.63) is 58.4 Å². The van der Waals surface area contributed by atoms with Gasteiger partial charge in [0.15, 0.2) is 0 Å². The number of carbonyl (C=O) groups is 2. The van der Waals surface area contributed by atoms with Gasteiger partial charge in [-0.15, -0.1) is 0 Å². The first-order valence-corrected chi connectivity index (χ1v) is 7.86. The zero-order chi connectivity index (χ0) is 18.2. The molecular formula is C18H22N2O5. The van der Waals surface area contributed by atoms with Crippen LogP contribution in [0.5, 0.6) is 0 Å². The van der Waals surface area contributed by atoms with Gasteiger partial charge >= 0.3 is 5.97 Å². The average Bonchev–Trinajstić information content (AvgIpc) is 2.90. The maximum Gasteiger partial charge on any atom is 0.340 e. The van der Waals surface area contributed by atoms with Crippen molar-refractivity contribution in [2.45, 2.75) is 20.5 Å². The predicted octanol–water partition coefficient (Wildman–Crippen LogP) is 2.30. The number of hydrogen-bond acceptors (Lipinski definition) is 5. The van der Waals surface area contributed by atoms with Crippen molar-refractivity contribution >= 4 is 11.9 Å². The normalized spacial score (nSPS) is 10.5. The molecule has 0 bridgehead atoms. The molecule has 1 heterocycles. The number of hydrogen-bond donors (Lipinski definition) is 2. The lowest BCUT2D eigenvalue weighted by molar-refractivity contribution is 0.0229. The van der Waals surface area contributed by atoms with Gasteiger partial charge in [0.2, 0.25) is 0 Å². The molecule has 2 aromatic rings. The summed E-state index contributed by atoms with van der Waals surface area (Å²) in [6.45, 7) is 4.11. The zero-order valence-electron chi connectivity index (χ0n) is 14.5. The number of benzene rings is 1. The van der Waals surface area contributed by atoms with Crippen LogP contribution in [0.15, 0.2) is 30.3 Å². The number of H-pyrrole nitrogens is 1. The van der Waals surface area contributed by atoms with E-state index in [0.717, 1.165) is 5.56 Å². The Morgan fingerprint density at radius 2 is 1.84 bits per heavy atom. The number of amides is 1. The van der Waals surface area contributed by atoms with Gasteiger partial charge in [0, 0.05) is 12.8 Å². The quantitative estimate of drug-likeness (QED) is 0.435. The molecule has 0 atom stereocenters. The molecule has 7 heteroatoms. The third-order valence-electron chi connectivity index (χ3n) is 3.64. The van der Waals surface area contributed by atoms with E-state index in [1.165, 1.54) is 7.11 Å². The Balaban J connectivity index is 1.98. The predicted molar refractivity (Wildman–Crippen MR) is 91.1 cm³/mol. The topological polar surface area (TPSA) is 89.7 Å². The Hall–Kier alpha value is -2.64. The van der Waals surface area contributed by atoms with Crippen LogP contribution in [0.1, 0.15) is 37.7 Å². The minimum absolute atomic E-state index is 0.154. The van der Waals surface area contributed by atoms with Gasteiger partial charge in [-0.25, -0.2) is 10.3 Å². The molecule has 1 amide bonds. The maximum absolute atomic E-state index is 12.3. The highest BCUT2D eigenvalue weighted by Gasteiger charge is 2.23. The first kappa shape index (κ1) is 18.7. The molecule has 1 aromatic carbocycles. The number of rotatable bonds is 8. The Kier molecular flexibility index (Phi) is 6.73. The smallest absolute Gasteiger partial charge is 0.340 e. The fourth-order valence-corrected chi connectivity index (χ4v) is 2.38. The molecule has 0 unspecified atom stereocenters. The van der Waals surface area contributed by atoms with E-state index >= 15 is 0 Å². The highest BCUT2D eigenvalue weighted by atomic mass is 16.6. The summed E-state index contributed by atoms with van der Waals surface area (Å²) in [5, 5.41) is 0. The number of ether oxygens (including phenoxy) is 2. The fraction of sp³-hybridized carbons (Fsp3) is 0.333. The molecule has 134 valence electrons. The molecule has 0 spiro atoms. The number of aromatic nitrogens is 1. The lowest BCUT2D eigenvalue weighted by Gasteiger charge is -2.06. The first-order valence-electron chi connectivity index (χ1n) is 7.86. The summed E-state index contributed by atoms with van der Waals surface area (Å²) < 4.78 is 9.96. The van der Waals surface area contributed by atoms with Crippen LogP contribution < -0.4 is 5.48 Å². The molecule has 0 radical (unpaired) electrons. The summed E-state index contributed by atoms with van der Waals surface area (Å²) >= 11 is 0. The van der Waals surface area contributed by atoms with Crippen molar-refractivity contribution < 1.29 is 23.9 Å². The van der Waals surface area contributed by atoms with Gasteiger partial charge in [-0.1, -0.05) is 30.3 Å². The number of nitrogens with one attached hydrogen (secondary N) is 2. The van der Waals surface area contributed by atoms with Crippen LogP contribution >= 0.6 is 0 Å². The molecule has 0 saturated carbocycles. The molecule has 25 heavy (non-hydrogen) atoms. The van der Waals surface area contributed by atoms with Crippen molar-refractivity contribution in [2.24, 2.45) is 0 Å². The average molecular weight is 346 g/mol. The Bertz CT molecular complexity index is 725. The lowest BCUT2D eigenvalue weighted by atomic mass is 10.1. The Morgan fingerprint density at radius 1 is 1.12 bits per heavy atom. The van der Waals surface area contributed by atoms with Gasteiger partial charge in [-0.05, 0) is 25.0 Å². The molecule has 0 aliphatic carbocycles. The maximum atomic E-state index is 12.3. The van der Waals surface area contributed by atoms with E-state index in [9.17, 15) is 9.59 Å². The number of aryl methyl sites for hydroxylation is 1. The van der Waals surface area contributed by atoms with Crippen molar-refractivity contribution in [3.63, 3.8) is 0 Å². The highest BCUT2D eigenvalue weighted by Crippen LogP contribution is 2.19. The second kappa shape index (κ2) is 9.00. The number of hydroxylamine groups is 1. The minimum Gasteiger partial charge on any atom is -0.460 e. The van der Waals surface area contributed by atoms with Gasteiger partial charge in [0.25, 0.3) is 5.91 Å². The third-order valence-corrected chi connectivity index (χ3v) is 3.64. The number of esters is 1. The first-order chi connectivity index (χ1) is 12.0. The second-order valence-electron chi connectivity index (χ2n) is 5.46. The van der Waals surface area contributed by atoms with E-state index in [2.05, 4.69) is 10.5 Å². The molecule has 2 rings (SSSR count). The zero-order valence-corrected chi connectivity index (χ0v) is 14.5. The van der Waals surface area contributed by atoms with E-state index in [0.29, 0.717) is 23.4 Å². The highest BCUT2D eigenvalue weighted by molar-refractivity contribution is 6.00.